The number of rotatable bonds is 3. The van der Waals surface area contributed by atoms with Crippen molar-refractivity contribution in [2.24, 2.45) is 5.10 Å². The maximum absolute atomic E-state index is 4.89. The lowest BCUT2D eigenvalue weighted by molar-refractivity contribution is 0.567. The predicted octanol–water partition coefficient (Wildman–Crippen LogP) is 1.10. The van der Waals surface area contributed by atoms with E-state index in [4.69, 9.17) is 16.6 Å². The van der Waals surface area contributed by atoms with Gasteiger partial charge in [-0.3, -0.25) is 5.43 Å². The van der Waals surface area contributed by atoms with Gasteiger partial charge in [0.25, 0.3) is 0 Å². The molecule has 0 unspecified atom stereocenters. The Morgan fingerprint density at radius 2 is 2.62 bits per heavy atom. The molecular formula is C8H11N3OS. The second-order valence-corrected chi connectivity index (χ2v) is 2.69. The van der Waals surface area contributed by atoms with Crippen LogP contribution in [0, 0.1) is 0 Å². The Bertz CT molecular complexity index is 282. The summed E-state index contributed by atoms with van der Waals surface area (Å²) in [5, 5.41) is 7.32. The van der Waals surface area contributed by atoms with Crippen molar-refractivity contribution in [3.8, 4) is 0 Å². The van der Waals surface area contributed by atoms with Crippen LogP contribution in [0.4, 0.5) is 0 Å². The second-order valence-electron chi connectivity index (χ2n) is 2.29. The number of hydrogen-bond acceptors (Lipinski definition) is 3. The average Bonchev–Trinajstić information content (AvgIpc) is 2.57. The monoisotopic (exact) mass is 197 g/mol. The zero-order valence-corrected chi connectivity index (χ0v) is 8.10. The lowest BCUT2D eigenvalue weighted by Crippen LogP contribution is -2.31. The van der Waals surface area contributed by atoms with Gasteiger partial charge in [-0.15, -0.1) is 0 Å². The SMILES string of the molecule is CCNC(=S)N/N=C\c1ccoc1. The van der Waals surface area contributed by atoms with Crippen LogP contribution < -0.4 is 10.7 Å². The number of hydrogen-bond donors (Lipinski definition) is 2. The van der Waals surface area contributed by atoms with Crippen LogP contribution in [0.25, 0.3) is 0 Å². The zero-order chi connectivity index (χ0) is 9.52. The molecule has 0 atom stereocenters. The van der Waals surface area contributed by atoms with Crippen LogP contribution in [0.3, 0.4) is 0 Å². The number of furan rings is 1. The Kier molecular flexibility index (Phi) is 3.98. The van der Waals surface area contributed by atoms with Crippen molar-refractivity contribution in [3.05, 3.63) is 24.2 Å². The van der Waals surface area contributed by atoms with E-state index in [1.165, 1.54) is 0 Å². The van der Waals surface area contributed by atoms with Crippen molar-refractivity contribution in [1.29, 1.82) is 0 Å². The predicted molar refractivity (Wildman–Crippen MR) is 55.7 cm³/mol. The first-order valence-corrected chi connectivity index (χ1v) is 4.33. The van der Waals surface area contributed by atoms with E-state index in [2.05, 4.69) is 15.8 Å². The van der Waals surface area contributed by atoms with E-state index < -0.39 is 0 Å². The highest BCUT2D eigenvalue weighted by Crippen LogP contribution is 1.94. The fourth-order valence-electron chi connectivity index (χ4n) is 0.714. The highest BCUT2D eigenvalue weighted by molar-refractivity contribution is 7.80. The summed E-state index contributed by atoms with van der Waals surface area (Å²) < 4.78 is 4.85. The number of thiocarbonyl (C=S) groups is 1. The summed E-state index contributed by atoms with van der Waals surface area (Å²) in [5.41, 5.74) is 3.57. The number of nitrogens with zero attached hydrogens (tertiary/aromatic N) is 1. The zero-order valence-electron chi connectivity index (χ0n) is 7.28. The van der Waals surface area contributed by atoms with Crippen molar-refractivity contribution in [2.45, 2.75) is 6.92 Å². The summed E-state index contributed by atoms with van der Waals surface area (Å²) in [6, 6.07) is 1.81. The molecule has 0 aromatic carbocycles. The van der Waals surface area contributed by atoms with E-state index in [-0.39, 0.29) is 0 Å². The molecule has 0 aliphatic rings. The topological polar surface area (TPSA) is 49.6 Å². The smallest absolute Gasteiger partial charge is 0.186 e. The van der Waals surface area contributed by atoms with Crippen molar-refractivity contribution in [3.63, 3.8) is 0 Å². The normalized spacial score (nSPS) is 10.2. The van der Waals surface area contributed by atoms with Gasteiger partial charge >= 0.3 is 0 Å². The Morgan fingerprint density at radius 3 is 3.23 bits per heavy atom. The summed E-state index contributed by atoms with van der Waals surface area (Å²) in [6.07, 6.45) is 4.82. The molecule has 0 bridgehead atoms. The second kappa shape index (κ2) is 5.31. The number of hydrazone groups is 1. The van der Waals surface area contributed by atoms with Crippen molar-refractivity contribution in [2.75, 3.05) is 6.54 Å². The van der Waals surface area contributed by atoms with Crippen LogP contribution >= 0.6 is 12.2 Å². The average molecular weight is 197 g/mol. The molecule has 0 aliphatic carbocycles. The molecule has 0 spiro atoms. The van der Waals surface area contributed by atoms with Gasteiger partial charge in [-0.2, -0.15) is 5.10 Å². The van der Waals surface area contributed by atoms with Crippen LogP contribution in [0.2, 0.25) is 0 Å². The van der Waals surface area contributed by atoms with Crippen molar-refractivity contribution in [1.82, 2.24) is 10.7 Å². The minimum Gasteiger partial charge on any atom is -0.472 e. The van der Waals surface area contributed by atoms with E-state index in [1.54, 1.807) is 18.7 Å². The molecule has 70 valence electrons. The van der Waals surface area contributed by atoms with Gasteiger partial charge in [0, 0.05) is 12.1 Å². The lowest BCUT2D eigenvalue weighted by atomic mass is 10.4. The molecule has 0 saturated carbocycles. The molecule has 4 nitrogen and oxygen atoms in total. The van der Waals surface area contributed by atoms with Crippen LogP contribution in [0.15, 0.2) is 28.1 Å². The molecule has 13 heavy (non-hydrogen) atoms. The number of nitrogens with one attached hydrogen (secondary N) is 2. The van der Waals surface area contributed by atoms with Crippen molar-refractivity contribution < 1.29 is 4.42 Å². The van der Waals surface area contributed by atoms with Gasteiger partial charge in [0.1, 0.15) is 0 Å². The first-order valence-electron chi connectivity index (χ1n) is 3.92. The molecule has 2 N–H and O–H groups in total. The molecule has 1 heterocycles. The third-order valence-corrected chi connectivity index (χ3v) is 1.50. The Hall–Kier alpha value is -1.36. The first kappa shape index (κ1) is 9.73. The maximum Gasteiger partial charge on any atom is 0.186 e. The van der Waals surface area contributed by atoms with E-state index in [0.29, 0.717) is 5.11 Å². The molecule has 0 aliphatic heterocycles. The Labute approximate surface area is 82.0 Å². The molecule has 0 saturated heterocycles. The standard InChI is InChI=1S/C8H11N3OS/c1-2-9-8(13)11-10-5-7-3-4-12-6-7/h3-6H,2H2,1H3,(H2,9,11,13)/b10-5-. The van der Waals surface area contributed by atoms with Gasteiger partial charge in [0.05, 0.1) is 18.7 Å². The lowest BCUT2D eigenvalue weighted by Gasteiger charge is -2.01. The van der Waals surface area contributed by atoms with E-state index in [9.17, 15) is 0 Å². The van der Waals surface area contributed by atoms with E-state index >= 15 is 0 Å². The molecule has 1 rings (SSSR count). The summed E-state index contributed by atoms with van der Waals surface area (Å²) in [5.74, 6) is 0. The summed E-state index contributed by atoms with van der Waals surface area (Å²) >= 11 is 4.89. The van der Waals surface area contributed by atoms with Gasteiger partial charge in [-0.1, -0.05) is 0 Å². The van der Waals surface area contributed by atoms with Gasteiger partial charge < -0.3 is 9.73 Å². The molecule has 0 fully saturated rings. The third-order valence-electron chi connectivity index (χ3n) is 1.26. The van der Waals surface area contributed by atoms with Gasteiger partial charge in [0.15, 0.2) is 5.11 Å². The van der Waals surface area contributed by atoms with E-state index in [0.717, 1.165) is 12.1 Å². The summed E-state index contributed by atoms with van der Waals surface area (Å²) in [6.45, 7) is 2.75. The summed E-state index contributed by atoms with van der Waals surface area (Å²) in [4.78, 5) is 0. The van der Waals surface area contributed by atoms with Crippen molar-refractivity contribution >= 4 is 23.5 Å². The molecule has 5 heteroatoms. The van der Waals surface area contributed by atoms with Crippen LogP contribution in [0.1, 0.15) is 12.5 Å². The molecule has 1 aromatic rings. The molecular weight excluding hydrogens is 186 g/mol. The summed E-state index contributed by atoms with van der Waals surface area (Å²) in [7, 11) is 0. The largest absolute Gasteiger partial charge is 0.472 e. The highest BCUT2D eigenvalue weighted by atomic mass is 32.1. The van der Waals surface area contributed by atoms with Crippen LogP contribution in [-0.2, 0) is 0 Å². The van der Waals surface area contributed by atoms with E-state index in [1.807, 2.05) is 13.0 Å². The van der Waals surface area contributed by atoms with Gasteiger partial charge in [-0.05, 0) is 25.2 Å². The fraction of sp³-hybridized carbons (Fsp3) is 0.250. The third kappa shape index (κ3) is 3.71. The van der Waals surface area contributed by atoms with Crippen LogP contribution in [-0.4, -0.2) is 17.9 Å². The fourth-order valence-corrected chi connectivity index (χ4v) is 0.911. The minimum atomic E-state index is 0.516. The minimum absolute atomic E-state index is 0.516. The highest BCUT2D eigenvalue weighted by Gasteiger charge is 1.89. The van der Waals surface area contributed by atoms with Crippen LogP contribution in [0.5, 0.6) is 0 Å². The first-order chi connectivity index (χ1) is 6.33. The molecule has 0 amide bonds. The maximum atomic E-state index is 4.89. The van der Waals surface area contributed by atoms with Gasteiger partial charge in [0.2, 0.25) is 0 Å². The molecule has 1 aromatic heterocycles. The molecule has 0 radical (unpaired) electrons. The Balaban J connectivity index is 2.30. The Morgan fingerprint density at radius 1 is 1.77 bits per heavy atom. The quantitative estimate of drug-likeness (QED) is 0.433. The van der Waals surface area contributed by atoms with Gasteiger partial charge in [-0.25, -0.2) is 0 Å².